The van der Waals surface area contributed by atoms with Crippen molar-refractivity contribution in [3.63, 3.8) is 0 Å². The van der Waals surface area contributed by atoms with Gasteiger partial charge in [0.15, 0.2) is 0 Å². The minimum atomic E-state index is -3.43. The standard InChI is InChI=1S/C19H29N3O5S/c1-19(2,3)10-16(23)18(25)21(4)15-11-22(12-15)17(24)13-7-6-8-14(9-13)20-28(5,26)27/h6-9,15-16,20,23H,10-12H2,1-5H3. The summed E-state index contributed by atoms with van der Waals surface area (Å²) in [5.41, 5.74) is 0.527. The van der Waals surface area contributed by atoms with Gasteiger partial charge in [-0.25, -0.2) is 8.42 Å². The third kappa shape index (κ3) is 5.93. The molecule has 0 saturated carbocycles. The van der Waals surface area contributed by atoms with E-state index in [1.807, 2.05) is 20.8 Å². The first-order valence-corrected chi connectivity index (χ1v) is 11.0. The molecule has 28 heavy (non-hydrogen) atoms. The van der Waals surface area contributed by atoms with Gasteiger partial charge in [-0.2, -0.15) is 0 Å². The highest BCUT2D eigenvalue weighted by molar-refractivity contribution is 7.92. The zero-order valence-corrected chi connectivity index (χ0v) is 17.8. The molecule has 8 nitrogen and oxygen atoms in total. The number of amides is 2. The fourth-order valence-electron chi connectivity index (χ4n) is 3.06. The number of likely N-dealkylation sites (tertiary alicyclic amines) is 1. The molecule has 2 N–H and O–H groups in total. The van der Waals surface area contributed by atoms with Crippen LogP contribution in [0.5, 0.6) is 0 Å². The van der Waals surface area contributed by atoms with Gasteiger partial charge in [0.05, 0.1) is 12.3 Å². The van der Waals surface area contributed by atoms with Crippen molar-refractivity contribution in [2.45, 2.75) is 39.3 Å². The molecule has 0 bridgehead atoms. The quantitative estimate of drug-likeness (QED) is 0.730. The Labute approximate surface area is 166 Å². The van der Waals surface area contributed by atoms with Gasteiger partial charge in [0, 0.05) is 31.4 Å². The average molecular weight is 412 g/mol. The number of carbonyl (C=O) groups excluding carboxylic acids is 2. The van der Waals surface area contributed by atoms with Crippen molar-refractivity contribution in [1.82, 2.24) is 9.80 Å². The monoisotopic (exact) mass is 411 g/mol. The van der Waals surface area contributed by atoms with E-state index in [0.717, 1.165) is 6.26 Å². The molecule has 0 aromatic heterocycles. The zero-order chi connectivity index (χ0) is 21.3. The van der Waals surface area contributed by atoms with Gasteiger partial charge in [-0.15, -0.1) is 0 Å². The van der Waals surface area contributed by atoms with Crippen LogP contribution in [-0.2, 0) is 14.8 Å². The number of rotatable bonds is 6. The maximum absolute atomic E-state index is 12.6. The first-order valence-electron chi connectivity index (χ1n) is 9.09. The Morgan fingerprint density at radius 3 is 2.46 bits per heavy atom. The topological polar surface area (TPSA) is 107 Å². The summed E-state index contributed by atoms with van der Waals surface area (Å²) in [7, 11) is -1.79. The third-order valence-electron chi connectivity index (χ3n) is 4.55. The van der Waals surface area contributed by atoms with Crippen molar-refractivity contribution in [3.8, 4) is 0 Å². The van der Waals surface area contributed by atoms with E-state index < -0.39 is 16.1 Å². The van der Waals surface area contributed by atoms with E-state index >= 15 is 0 Å². The number of nitrogens with one attached hydrogen (secondary N) is 1. The minimum absolute atomic E-state index is 0.150. The Kier molecular flexibility index (Phi) is 6.40. The number of benzene rings is 1. The molecule has 1 unspecified atom stereocenters. The summed E-state index contributed by atoms with van der Waals surface area (Å²) >= 11 is 0. The number of anilines is 1. The molecule has 1 aromatic carbocycles. The Hall–Kier alpha value is -2.13. The molecule has 2 rings (SSSR count). The highest BCUT2D eigenvalue weighted by atomic mass is 32.2. The number of aliphatic hydroxyl groups excluding tert-OH is 1. The van der Waals surface area contributed by atoms with Crippen LogP contribution >= 0.6 is 0 Å². The van der Waals surface area contributed by atoms with Crippen molar-refractivity contribution >= 4 is 27.5 Å². The van der Waals surface area contributed by atoms with Crippen molar-refractivity contribution < 1.29 is 23.1 Å². The van der Waals surface area contributed by atoms with Crippen LogP contribution in [0.15, 0.2) is 24.3 Å². The molecule has 1 aliphatic rings. The number of carbonyl (C=O) groups is 2. The average Bonchev–Trinajstić information content (AvgIpc) is 2.49. The molecule has 1 heterocycles. The first kappa shape index (κ1) is 22.2. The van der Waals surface area contributed by atoms with Crippen LogP contribution in [0.1, 0.15) is 37.6 Å². The number of hydrogen-bond donors (Lipinski definition) is 2. The maximum Gasteiger partial charge on any atom is 0.254 e. The Balaban J connectivity index is 1.95. The maximum atomic E-state index is 12.6. The van der Waals surface area contributed by atoms with E-state index in [9.17, 15) is 23.1 Å². The molecule has 2 amide bonds. The van der Waals surface area contributed by atoms with Crippen molar-refractivity contribution in [3.05, 3.63) is 29.8 Å². The molecule has 1 aromatic rings. The summed E-state index contributed by atoms with van der Waals surface area (Å²) in [5.74, 6) is -0.573. The van der Waals surface area contributed by atoms with E-state index in [1.165, 1.54) is 11.0 Å². The molecule has 0 spiro atoms. The zero-order valence-electron chi connectivity index (χ0n) is 17.0. The van der Waals surface area contributed by atoms with Crippen LogP contribution in [0.25, 0.3) is 0 Å². The van der Waals surface area contributed by atoms with Gasteiger partial charge in [-0.05, 0) is 30.0 Å². The summed E-state index contributed by atoms with van der Waals surface area (Å²) < 4.78 is 25.0. The number of sulfonamides is 1. The first-order chi connectivity index (χ1) is 12.8. The molecule has 0 aliphatic carbocycles. The number of aliphatic hydroxyl groups is 1. The second kappa shape index (κ2) is 8.08. The molecule has 0 radical (unpaired) electrons. The largest absolute Gasteiger partial charge is 0.383 e. The van der Waals surface area contributed by atoms with Gasteiger partial charge in [0.2, 0.25) is 10.0 Å². The lowest BCUT2D eigenvalue weighted by atomic mass is 9.88. The van der Waals surface area contributed by atoms with Crippen molar-refractivity contribution in [2.24, 2.45) is 5.41 Å². The lowest BCUT2D eigenvalue weighted by Crippen LogP contribution is -2.62. The number of nitrogens with zero attached hydrogens (tertiary/aromatic N) is 2. The third-order valence-corrected chi connectivity index (χ3v) is 5.15. The fourth-order valence-corrected chi connectivity index (χ4v) is 3.62. The summed E-state index contributed by atoms with van der Waals surface area (Å²) in [6.07, 6.45) is 0.349. The van der Waals surface area contributed by atoms with Gasteiger partial charge in [-0.1, -0.05) is 26.8 Å². The molecule has 156 valence electrons. The highest BCUT2D eigenvalue weighted by Gasteiger charge is 2.37. The normalized spacial score (nSPS) is 16.3. The van der Waals surface area contributed by atoms with Crippen LogP contribution in [0.4, 0.5) is 5.69 Å². The van der Waals surface area contributed by atoms with E-state index in [2.05, 4.69) is 4.72 Å². The Morgan fingerprint density at radius 1 is 1.32 bits per heavy atom. The molecule has 1 atom stereocenters. The predicted molar refractivity (Wildman–Crippen MR) is 107 cm³/mol. The van der Waals surface area contributed by atoms with Gasteiger partial charge < -0.3 is 14.9 Å². The summed E-state index contributed by atoms with van der Waals surface area (Å²) in [4.78, 5) is 28.1. The molecule has 1 saturated heterocycles. The van der Waals surface area contributed by atoms with Gasteiger partial charge in [-0.3, -0.25) is 14.3 Å². The van der Waals surface area contributed by atoms with Crippen LogP contribution in [0.3, 0.4) is 0 Å². The summed E-state index contributed by atoms with van der Waals surface area (Å²) in [6.45, 7) is 6.61. The van der Waals surface area contributed by atoms with Crippen molar-refractivity contribution in [1.29, 1.82) is 0 Å². The summed E-state index contributed by atoms with van der Waals surface area (Å²) in [6, 6.07) is 6.13. The molecule has 1 aliphatic heterocycles. The predicted octanol–water partition coefficient (Wildman–Crippen LogP) is 1.14. The van der Waals surface area contributed by atoms with Crippen LogP contribution < -0.4 is 4.72 Å². The van der Waals surface area contributed by atoms with Crippen LogP contribution in [0, 0.1) is 5.41 Å². The SMILES string of the molecule is CN(C(=O)C(O)CC(C)(C)C)C1CN(C(=O)c2cccc(NS(C)(=O)=O)c2)C1. The van der Waals surface area contributed by atoms with Gasteiger partial charge in [0.1, 0.15) is 6.10 Å². The van der Waals surface area contributed by atoms with Gasteiger partial charge >= 0.3 is 0 Å². The number of likely N-dealkylation sites (N-methyl/N-ethyl adjacent to an activating group) is 1. The van der Waals surface area contributed by atoms with Crippen molar-refractivity contribution in [2.75, 3.05) is 31.1 Å². The lowest BCUT2D eigenvalue weighted by Gasteiger charge is -2.44. The Bertz CT molecular complexity index is 841. The highest BCUT2D eigenvalue weighted by Crippen LogP contribution is 2.24. The minimum Gasteiger partial charge on any atom is -0.383 e. The second-order valence-electron chi connectivity index (χ2n) is 8.55. The van der Waals surface area contributed by atoms with Crippen LogP contribution in [-0.4, -0.2) is 73.7 Å². The molecular weight excluding hydrogens is 382 g/mol. The smallest absolute Gasteiger partial charge is 0.254 e. The molecule has 1 fully saturated rings. The number of hydrogen-bond acceptors (Lipinski definition) is 5. The van der Waals surface area contributed by atoms with Crippen LogP contribution in [0.2, 0.25) is 0 Å². The van der Waals surface area contributed by atoms with E-state index in [1.54, 1.807) is 30.1 Å². The fraction of sp³-hybridized carbons (Fsp3) is 0.579. The Morgan fingerprint density at radius 2 is 1.93 bits per heavy atom. The summed E-state index contributed by atoms with van der Waals surface area (Å²) in [5, 5.41) is 10.1. The lowest BCUT2D eigenvalue weighted by molar-refractivity contribution is -0.145. The van der Waals surface area contributed by atoms with Gasteiger partial charge in [0.25, 0.3) is 11.8 Å². The second-order valence-corrected chi connectivity index (χ2v) is 10.3. The van der Waals surface area contributed by atoms with E-state index in [-0.39, 0.29) is 23.3 Å². The van der Waals surface area contributed by atoms with E-state index in [0.29, 0.717) is 30.8 Å². The van der Waals surface area contributed by atoms with E-state index in [4.69, 9.17) is 0 Å². The molecular formula is C19H29N3O5S. The molecule has 9 heteroatoms.